The number of morpholine rings is 1. The second-order valence-corrected chi connectivity index (χ2v) is 7.06. The lowest BCUT2D eigenvalue weighted by Gasteiger charge is -2.36. The molecule has 2 aliphatic heterocycles. The van der Waals surface area contributed by atoms with E-state index >= 15 is 0 Å². The highest BCUT2D eigenvalue weighted by Gasteiger charge is 2.26. The van der Waals surface area contributed by atoms with Crippen molar-refractivity contribution in [1.82, 2.24) is 9.80 Å². The van der Waals surface area contributed by atoms with Gasteiger partial charge in [0.2, 0.25) is 5.91 Å². The number of carbonyl (C=O) groups is 1. The van der Waals surface area contributed by atoms with Crippen LogP contribution < -0.4 is 4.90 Å². The van der Waals surface area contributed by atoms with Crippen molar-refractivity contribution in [2.75, 3.05) is 63.9 Å². The molecule has 0 spiro atoms. The minimum absolute atomic E-state index is 0.104. The number of amides is 1. The highest BCUT2D eigenvalue weighted by atomic mass is 79.9. The predicted octanol–water partition coefficient (Wildman–Crippen LogP) is 1.34. The van der Waals surface area contributed by atoms with E-state index in [1.165, 1.54) is 6.07 Å². The molecule has 0 unspecified atom stereocenters. The van der Waals surface area contributed by atoms with Gasteiger partial charge in [0.1, 0.15) is 5.69 Å². The van der Waals surface area contributed by atoms with E-state index in [1.807, 2.05) is 15.9 Å². The molecule has 8 nitrogen and oxygen atoms in total. The number of nitrogens with zero attached hydrogens (tertiary/aromatic N) is 4. The Morgan fingerprint density at radius 2 is 1.84 bits per heavy atom. The van der Waals surface area contributed by atoms with Gasteiger partial charge in [-0.15, -0.1) is 0 Å². The third kappa shape index (κ3) is 4.47. The fourth-order valence-corrected chi connectivity index (χ4v) is 3.51. The zero-order valence-electron chi connectivity index (χ0n) is 13.9. The summed E-state index contributed by atoms with van der Waals surface area (Å²) in [6.07, 6.45) is 0. The lowest BCUT2D eigenvalue weighted by molar-refractivity contribution is -0.384. The van der Waals surface area contributed by atoms with Crippen LogP contribution in [0.1, 0.15) is 0 Å². The molecule has 2 aliphatic rings. The fraction of sp³-hybridized carbons (Fsp3) is 0.562. The first-order chi connectivity index (χ1) is 12.0. The van der Waals surface area contributed by atoms with E-state index in [4.69, 9.17) is 4.74 Å². The van der Waals surface area contributed by atoms with E-state index in [-0.39, 0.29) is 16.5 Å². The molecule has 0 N–H and O–H groups in total. The Hall–Kier alpha value is -1.71. The van der Waals surface area contributed by atoms with Crippen molar-refractivity contribution >= 4 is 33.2 Å². The molecule has 0 aliphatic carbocycles. The summed E-state index contributed by atoms with van der Waals surface area (Å²) in [7, 11) is 0. The number of hydrogen-bond acceptors (Lipinski definition) is 6. The molecule has 0 aromatic heterocycles. The van der Waals surface area contributed by atoms with Gasteiger partial charge in [-0.1, -0.05) is 15.9 Å². The summed E-state index contributed by atoms with van der Waals surface area (Å²) in [5, 5.41) is 11.3. The van der Waals surface area contributed by atoms with Crippen molar-refractivity contribution in [3.63, 3.8) is 0 Å². The fourth-order valence-electron chi connectivity index (χ4n) is 3.16. The van der Waals surface area contributed by atoms with Crippen LogP contribution in [0.15, 0.2) is 22.7 Å². The summed E-state index contributed by atoms with van der Waals surface area (Å²) in [5.41, 5.74) is 0.736. The maximum atomic E-state index is 12.3. The van der Waals surface area contributed by atoms with Gasteiger partial charge >= 0.3 is 0 Å². The van der Waals surface area contributed by atoms with Gasteiger partial charge in [-0.05, 0) is 12.1 Å². The second kappa shape index (κ2) is 8.11. The van der Waals surface area contributed by atoms with Gasteiger partial charge in [0, 0.05) is 49.8 Å². The van der Waals surface area contributed by atoms with Crippen LogP contribution in [0.5, 0.6) is 0 Å². The number of benzene rings is 1. The average Bonchev–Trinajstić information content (AvgIpc) is 2.63. The maximum Gasteiger partial charge on any atom is 0.293 e. The van der Waals surface area contributed by atoms with Gasteiger partial charge in [0.15, 0.2) is 0 Å². The molecule has 0 radical (unpaired) electrons. The van der Waals surface area contributed by atoms with Gasteiger partial charge in [-0.2, -0.15) is 0 Å². The topological polar surface area (TPSA) is 79.2 Å². The van der Waals surface area contributed by atoms with E-state index < -0.39 is 0 Å². The summed E-state index contributed by atoms with van der Waals surface area (Å²) in [6.45, 7) is 5.67. The Bertz CT molecular complexity index is 643. The van der Waals surface area contributed by atoms with E-state index in [9.17, 15) is 14.9 Å². The van der Waals surface area contributed by atoms with Gasteiger partial charge in [-0.3, -0.25) is 19.8 Å². The summed E-state index contributed by atoms with van der Waals surface area (Å²) < 4.78 is 5.96. The standard InChI is InChI=1S/C16H21BrN4O4/c17-13-1-2-14(15(11-13)21(23)24)19-5-3-18(4-6-19)12-16(22)20-7-9-25-10-8-20/h1-2,11H,3-10,12H2. The normalized spacial score (nSPS) is 19.1. The van der Waals surface area contributed by atoms with E-state index in [1.54, 1.807) is 6.07 Å². The van der Waals surface area contributed by atoms with Crippen molar-refractivity contribution in [3.8, 4) is 0 Å². The van der Waals surface area contributed by atoms with Crippen LogP contribution in [0.25, 0.3) is 0 Å². The van der Waals surface area contributed by atoms with Crippen molar-refractivity contribution in [1.29, 1.82) is 0 Å². The lowest BCUT2D eigenvalue weighted by Crippen LogP contribution is -2.51. The number of rotatable bonds is 4. The molecule has 0 bridgehead atoms. The number of piperazine rings is 1. The number of nitro groups is 1. The average molecular weight is 413 g/mol. The van der Waals surface area contributed by atoms with Crippen molar-refractivity contribution in [2.24, 2.45) is 0 Å². The Morgan fingerprint density at radius 1 is 1.16 bits per heavy atom. The van der Waals surface area contributed by atoms with E-state index in [0.717, 1.165) is 0 Å². The Labute approximate surface area is 154 Å². The molecule has 2 fully saturated rings. The molecule has 0 atom stereocenters. The minimum atomic E-state index is -0.353. The smallest absolute Gasteiger partial charge is 0.293 e. The van der Waals surface area contributed by atoms with Crippen LogP contribution in [0.3, 0.4) is 0 Å². The monoisotopic (exact) mass is 412 g/mol. The van der Waals surface area contributed by atoms with Gasteiger partial charge in [-0.25, -0.2) is 0 Å². The zero-order valence-corrected chi connectivity index (χ0v) is 15.5. The molecule has 1 aromatic rings. The number of carbonyl (C=O) groups excluding carboxylic acids is 1. The Balaban J connectivity index is 1.57. The highest BCUT2D eigenvalue weighted by molar-refractivity contribution is 9.10. The minimum Gasteiger partial charge on any atom is -0.378 e. The number of ether oxygens (including phenoxy) is 1. The number of halogens is 1. The molecular weight excluding hydrogens is 392 g/mol. The van der Waals surface area contributed by atoms with Crippen LogP contribution in [-0.2, 0) is 9.53 Å². The first-order valence-corrected chi connectivity index (χ1v) is 9.10. The number of nitro benzene ring substituents is 1. The van der Waals surface area contributed by atoms with Gasteiger partial charge in [0.05, 0.1) is 24.7 Å². The number of anilines is 1. The highest BCUT2D eigenvalue weighted by Crippen LogP contribution is 2.31. The third-order valence-electron chi connectivity index (χ3n) is 4.57. The molecule has 2 saturated heterocycles. The van der Waals surface area contributed by atoms with E-state index in [2.05, 4.69) is 20.8 Å². The summed E-state index contributed by atoms with van der Waals surface area (Å²) in [6, 6.07) is 5.12. The lowest BCUT2D eigenvalue weighted by atomic mass is 10.2. The SMILES string of the molecule is O=C(CN1CCN(c2ccc(Br)cc2[N+](=O)[O-])CC1)N1CCOCC1. The zero-order chi connectivity index (χ0) is 17.8. The van der Waals surface area contributed by atoms with Gasteiger partial charge < -0.3 is 14.5 Å². The van der Waals surface area contributed by atoms with Crippen molar-refractivity contribution in [3.05, 3.63) is 32.8 Å². The Morgan fingerprint density at radius 3 is 2.48 bits per heavy atom. The Kier molecular flexibility index (Phi) is 5.87. The molecule has 3 rings (SSSR count). The van der Waals surface area contributed by atoms with Gasteiger partial charge in [0.25, 0.3) is 5.69 Å². The summed E-state index contributed by atoms with van der Waals surface area (Å²) >= 11 is 3.28. The first kappa shape index (κ1) is 18.1. The molecule has 25 heavy (non-hydrogen) atoms. The van der Waals surface area contributed by atoms with Crippen LogP contribution in [0.2, 0.25) is 0 Å². The molecule has 136 valence electrons. The van der Waals surface area contributed by atoms with Crippen LogP contribution in [0.4, 0.5) is 11.4 Å². The largest absolute Gasteiger partial charge is 0.378 e. The number of hydrogen-bond donors (Lipinski definition) is 0. The maximum absolute atomic E-state index is 12.3. The van der Waals surface area contributed by atoms with E-state index in [0.29, 0.717) is 69.2 Å². The molecule has 1 aromatic carbocycles. The molecule has 1 amide bonds. The predicted molar refractivity (Wildman–Crippen MR) is 96.8 cm³/mol. The molecular formula is C16H21BrN4O4. The molecule has 9 heteroatoms. The summed E-state index contributed by atoms with van der Waals surface area (Å²) in [4.78, 5) is 29.2. The first-order valence-electron chi connectivity index (χ1n) is 8.31. The van der Waals surface area contributed by atoms with Crippen LogP contribution >= 0.6 is 15.9 Å². The summed E-state index contributed by atoms with van der Waals surface area (Å²) in [5.74, 6) is 0.131. The quantitative estimate of drug-likeness (QED) is 0.548. The third-order valence-corrected chi connectivity index (χ3v) is 5.06. The molecule has 2 heterocycles. The van der Waals surface area contributed by atoms with Crippen molar-refractivity contribution in [2.45, 2.75) is 0 Å². The molecule has 0 saturated carbocycles. The van der Waals surface area contributed by atoms with Crippen LogP contribution in [0, 0.1) is 10.1 Å². The second-order valence-electron chi connectivity index (χ2n) is 6.15. The van der Waals surface area contributed by atoms with Crippen LogP contribution in [-0.4, -0.2) is 79.7 Å². The van der Waals surface area contributed by atoms with Crippen molar-refractivity contribution < 1.29 is 14.5 Å².